The van der Waals surface area contributed by atoms with Gasteiger partial charge in [0.2, 0.25) is 0 Å². The first kappa shape index (κ1) is 18.7. The first-order valence-corrected chi connectivity index (χ1v) is 10.0. The Kier molecular flexibility index (Phi) is 5.84. The van der Waals surface area contributed by atoms with Crippen molar-refractivity contribution in [3.63, 3.8) is 0 Å². The number of nitrogens with one attached hydrogen (secondary N) is 1. The summed E-state index contributed by atoms with van der Waals surface area (Å²) in [4.78, 5) is 18.9. The van der Waals surface area contributed by atoms with E-state index in [1.54, 1.807) is 11.3 Å². The maximum Gasteiger partial charge on any atom is 0.146 e. The number of nitrogens with zero attached hydrogens (tertiary/aromatic N) is 4. The molecule has 0 radical (unpaired) electrons. The van der Waals surface area contributed by atoms with E-state index in [2.05, 4.69) is 49.8 Å². The van der Waals surface area contributed by atoms with Crippen LogP contribution in [0.1, 0.15) is 48.8 Å². The molecule has 0 aliphatic rings. The highest BCUT2D eigenvalue weighted by molar-refractivity contribution is 7.18. The van der Waals surface area contributed by atoms with Gasteiger partial charge in [-0.2, -0.15) is 0 Å². The zero-order chi connectivity index (χ0) is 18.7. The van der Waals surface area contributed by atoms with Crippen LogP contribution in [0.2, 0.25) is 0 Å². The molecule has 6 heteroatoms. The minimum Gasteiger partial charge on any atom is -0.361 e. The van der Waals surface area contributed by atoms with Crippen molar-refractivity contribution in [1.82, 2.24) is 19.9 Å². The van der Waals surface area contributed by atoms with Crippen molar-refractivity contribution >= 4 is 27.4 Å². The van der Waals surface area contributed by atoms with Crippen LogP contribution in [0.5, 0.6) is 0 Å². The summed E-state index contributed by atoms with van der Waals surface area (Å²) in [6, 6.07) is 6.07. The van der Waals surface area contributed by atoms with E-state index < -0.39 is 0 Å². The van der Waals surface area contributed by atoms with E-state index in [1.807, 2.05) is 24.4 Å². The Balaban J connectivity index is 2.00. The van der Waals surface area contributed by atoms with E-state index in [9.17, 15) is 0 Å². The SMILES string of the molecule is CCN(CC)Cc1nc(NC(C)c2ccccn2)c2c(C)c(C)sc2n1. The molecule has 0 spiro atoms. The van der Waals surface area contributed by atoms with E-state index in [4.69, 9.17) is 9.97 Å². The molecule has 1 unspecified atom stereocenters. The largest absolute Gasteiger partial charge is 0.361 e. The fourth-order valence-electron chi connectivity index (χ4n) is 3.03. The lowest BCUT2D eigenvalue weighted by Crippen LogP contribution is -2.23. The van der Waals surface area contributed by atoms with Gasteiger partial charge in [0.05, 0.1) is 23.7 Å². The molecule has 1 atom stereocenters. The molecule has 138 valence electrons. The van der Waals surface area contributed by atoms with E-state index >= 15 is 0 Å². The van der Waals surface area contributed by atoms with E-state index in [0.717, 1.165) is 47.2 Å². The van der Waals surface area contributed by atoms with Crippen LogP contribution in [-0.2, 0) is 6.54 Å². The van der Waals surface area contributed by atoms with Crippen LogP contribution >= 0.6 is 11.3 Å². The van der Waals surface area contributed by atoms with Crippen molar-refractivity contribution in [3.05, 3.63) is 46.4 Å². The van der Waals surface area contributed by atoms with Gasteiger partial charge in [0.25, 0.3) is 0 Å². The van der Waals surface area contributed by atoms with Crippen LogP contribution in [0.15, 0.2) is 24.4 Å². The highest BCUT2D eigenvalue weighted by atomic mass is 32.1. The first-order chi connectivity index (χ1) is 12.5. The predicted molar refractivity (Wildman–Crippen MR) is 110 cm³/mol. The van der Waals surface area contributed by atoms with Gasteiger partial charge in [-0.3, -0.25) is 9.88 Å². The molecule has 0 saturated carbocycles. The molecule has 26 heavy (non-hydrogen) atoms. The monoisotopic (exact) mass is 369 g/mol. The van der Waals surface area contributed by atoms with Crippen LogP contribution < -0.4 is 5.32 Å². The van der Waals surface area contributed by atoms with Gasteiger partial charge >= 0.3 is 0 Å². The number of anilines is 1. The molecule has 0 aliphatic heterocycles. The molecule has 3 heterocycles. The van der Waals surface area contributed by atoms with Gasteiger partial charge < -0.3 is 5.32 Å². The first-order valence-electron chi connectivity index (χ1n) is 9.19. The van der Waals surface area contributed by atoms with Crippen LogP contribution in [-0.4, -0.2) is 32.9 Å². The Morgan fingerprint density at radius 2 is 1.92 bits per heavy atom. The summed E-state index contributed by atoms with van der Waals surface area (Å²) in [6.45, 7) is 13.5. The van der Waals surface area contributed by atoms with Crippen LogP contribution in [0, 0.1) is 13.8 Å². The van der Waals surface area contributed by atoms with Crippen molar-refractivity contribution in [3.8, 4) is 0 Å². The Morgan fingerprint density at radius 1 is 1.15 bits per heavy atom. The zero-order valence-corrected chi connectivity index (χ0v) is 17.0. The number of pyridine rings is 1. The van der Waals surface area contributed by atoms with Crippen molar-refractivity contribution in [1.29, 1.82) is 0 Å². The summed E-state index contributed by atoms with van der Waals surface area (Å²) in [5, 5.41) is 4.72. The third kappa shape index (κ3) is 3.86. The van der Waals surface area contributed by atoms with Crippen LogP contribution in [0.4, 0.5) is 5.82 Å². The second kappa shape index (κ2) is 8.10. The number of aromatic nitrogens is 3. The minimum atomic E-state index is 0.0789. The highest BCUT2D eigenvalue weighted by Gasteiger charge is 2.17. The van der Waals surface area contributed by atoms with Gasteiger partial charge in [0.1, 0.15) is 16.5 Å². The van der Waals surface area contributed by atoms with E-state index in [-0.39, 0.29) is 6.04 Å². The molecule has 0 bridgehead atoms. The normalized spacial score (nSPS) is 12.7. The lowest BCUT2D eigenvalue weighted by atomic mass is 10.1. The quantitative estimate of drug-likeness (QED) is 0.653. The van der Waals surface area contributed by atoms with Gasteiger partial charge in [0, 0.05) is 11.1 Å². The van der Waals surface area contributed by atoms with Gasteiger partial charge in [-0.25, -0.2) is 9.97 Å². The molecule has 3 rings (SSSR count). The summed E-state index contributed by atoms with van der Waals surface area (Å²) in [7, 11) is 0. The molecule has 1 N–H and O–H groups in total. The minimum absolute atomic E-state index is 0.0789. The third-order valence-corrected chi connectivity index (χ3v) is 5.92. The van der Waals surface area contributed by atoms with E-state index in [0.29, 0.717) is 0 Å². The van der Waals surface area contributed by atoms with Crippen molar-refractivity contribution in [2.75, 3.05) is 18.4 Å². The summed E-state index contributed by atoms with van der Waals surface area (Å²) in [5.74, 6) is 1.79. The summed E-state index contributed by atoms with van der Waals surface area (Å²) >= 11 is 1.75. The van der Waals surface area contributed by atoms with Crippen LogP contribution in [0.3, 0.4) is 0 Å². The van der Waals surface area contributed by atoms with Gasteiger partial charge in [0.15, 0.2) is 0 Å². The van der Waals surface area contributed by atoms with Crippen LogP contribution in [0.25, 0.3) is 10.2 Å². The number of hydrogen-bond donors (Lipinski definition) is 1. The fraction of sp³-hybridized carbons (Fsp3) is 0.450. The van der Waals surface area contributed by atoms with Gasteiger partial charge in [-0.1, -0.05) is 19.9 Å². The highest BCUT2D eigenvalue weighted by Crippen LogP contribution is 2.34. The molecule has 0 saturated heterocycles. The number of aryl methyl sites for hydroxylation is 2. The average Bonchev–Trinajstić information content (AvgIpc) is 2.94. The van der Waals surface area contributed by atoms with E-state index in [1.165, 1.54) is 10.4 Å². The molecule has 5 nitrogen and oxygen atoms in total. The standard InChI is InChI=1S/C20H27N5S/c1-6-25(7-2)12-17-23-19(18-13(3)15(5)26-20(18)24-17)22-14(4)16-10-8-9-11-21-16/h8-11,14H,6-7,12H2,1-5H3,(H,22,23,24). The Hall–Kier alpha value is -2.05. The molecule has 0 aromatic carbocycles. The Morgan fingerprint density at radius 3 is 2.58 bits per heavy atom. The molecule has 0 aliphatic carbocycles. The molecule has 0 fully saturated rings. The van der Waals surface area contributed by atoms with Gasteiger partial charge in [-0.15, -0.1) is 11.3 Å². The Bertz CT molecular complexity index is 871. The fourth-order valence-corrected chi connectivity index (χ4v) is 4.08. The summed E-state index contributed by atoms with van der Waals surface area (Å²) < 4.78 is 0. The van der Waals surface area contributed by atoms with Crippen molar-refractivity contribution < 1.29 is 0 Å². The number of thiophene rings is 1. The van der Waals surface area contributed by atoms with Crippen molar-refractivity contribution in [2.24, 2.45) is 0 Å². The maximum absolute atomic E-state index is 4.89. The molecule has 3 aromatic rings. The second-order valence-corrected chi connectivity index (χ2v) is 7.74. The second-order valence-electron chi connectivity index (χ2n) is 6.53. The molecule has 0 amide bonds. The number of fused-ring (bicyclic) bond motifs is 1. The zero-order valence-electron chi connectivity index (χ0n) is 16.2. The topological polar surface area (TPSA) is 53.9 Å². The molecular formula is C20H27N5S. The summed E-state index contributed by atoms with van der Waals surface area (Å²) in [6.07, 6.45) is 1.83. The lowest BCUT2D eigenvalue weighted by Gasteiger charge is -2.19. The maximum atomic E-state index is 4.89. The van der Waals surface area contributed by atoms with Crippen molar-refractivity contribution in [2.45, 2.75) is 47.2 Å². The Labute approximate surface area is 159 Å². The molecular weight excluding hydrogens is 342 g/mol. The average molecular weight is 370 g/mol. The molecule has 3 aromatic heterocycles. The number of hydrogen-bond acceptors (Lipinski definition) is 6. The lowest BCUT2D eigenvalue weighted by molar-refractivity contribution is 0.289. The third-order valence-electron chi connectivity index (χ3n) is 4.82. The number of rotatable bonds is 7. The predicted octanol–water partition coefficient (Wildman–Crippen LogP) is 4.72. The smallest absolute Gasteiger partial charge is 0.146 e. The van der Waals surface area contributed by atoms with Gasteiger partial charge in [-0.05, 0) is 51.6 Å². The summed E-state index contributed by atoms with van der Waals surface area (Å²) in [5.41, 5.74) is 2.27.